The number of hydrogen-bond acceptors (Lipinski definition) is 3. The predicted octanol–water partition coefficient (Wildman–Crippen LogP) is 2.31. The highest BCUT2D eigenvalue weighted by Gasteiger charge is 2.32. The highest BCUT2D eigenvalue weighted by Crippen LogP contribution is 2.35. The Morgan fingerprint density at radius 1 is 1.17 bits per heavy atom. The van der Waals surface area contributed by atoms with Gasteiger partial charge in [-0.2, -0.15) is 0 Å². The monoisotopic (exact) mass is 310 g/mol. The lowest BCUT2D eigenvalue weighted by atomic mass is 9.87. The quantitative estimate of drug-likeness (QED) is 0.908. The van der Waals surface area contributed by atoms with Crippen molar-refractivity contribution in [3.05, 3.63) is 65.0 Å². The van der Waals surface area contributed by atoms with Gasteiger partial charge in [-0.3, -0.25) is 4.79 Å². The third-order valence-corrected chi connectivity index (χ3v) is 4.27. The van der Waals surface area contributed by atoms with Crippen molar-refractivity contribution in [3.63, 3.8) is 0 Å². The second-order valence-electron chi connectivity index (χ2n) is 6.35. The van der Waals surface area contributed by atoms with Gasteiger partial charge < -0.3 is 10.4 Å². The first-order valence-corrected chi connectivity index (χ1v) is 7.51. The standard InChI is InChI=1S/C18H18N2O3/c1-18(8-12-4-2-3-5-13(12)9-18)11-20-16(21)14-6-7-15(17(22)23)19-10-14/h2-7,10H,8-9,11H2,1H3,(H,20,21)(H,22,23). The van der Waals surface area contributed by atoms with Crippen LogP contribution in [0.15, 0.2) is 42.6 Å². The summed E-state index contributed by atoms with van der Waals surface area (Å²) in [6.07, 6.45) is 3.18. The number of carbonyl (C=O) groups is 2. The van der Waals surface area contributed by atoms with Gasteiger partial charge in [-0.25, -0.2) is 9.78 Å². The van der Waals surface area contributed by atoms with E-state index in [4.69, 9.17) is 5.11 Å². The average molecular weight is 310 g/mol. The van der Waals surface area contributed by atoms with Crippen molar-refractivity contribution in [2.45, 2.75) is 19.8 Å². The highest BCUT2D eigenvalue weighted by atomic mass is 16.4. The molecular weight excluding hydrogens is 292 g/mol. The summed E-state index contributed by atoms with van der Waals surface area (Å²) in [5.74, 6) is -1.33. The number of carbonyl (C=O) groups excluding carboxylic acids is 1. The molecule has 2 N–H and O–H groups in total. The van der Waals surface area contributed by atoms with Gasteiger partial charge in [0.05, 0.1) is 5.56 Å². The number of nitrogens with one attached hydrogen (secondary N) is 1. The van der Waals surface area contributed by atoms with Gasteiger partial charge in [0, 0.05) is 12.7 Å². The maximum absolute atomic E-state index is 12.2. The van der Waals surface area contributed by atoms with E-state index in [9.17, 15) is 9.59 Å². The highest BCUT2D eigenvalue weighted by molar-refractivity contribution is 5.94. The van der Waals surface area contributed by atoms with Crippen molar-refractivity contribution < 1.29 is 14.7 Å². The fourth-order valence-electron chi connectivity index (χ4n) is 3.06. The third kappa shape index (κ3) is 3.23. The molecule has 1 amide bonds. The summed E-state index contributed by atoms with van der Waals surface area (Å²) >= 11 is 0. The second-order valence-corrected chi connectivity index (χ2v) is 6.35. The molecule has 1 aliphatic carbocycles. The van der Waals surface area contributed by atoms with Gasteiger partial charge in [-0.05, 0) is 41.5 Å². The fourth-order valence-corrected chi connectivity index (χ4v) is 3.06. The van der Waals surface area contributed by atoms with Crippen LogP contribution < -0.4 is 5.32 Å². The van der Waals surface area contributed by atoms with Crippen molar-refractivity contribution in [2.24, 2.45) is 5.41 Å². The van der Waals surface area contributed by atoms with Crippen LogP contribution in [0, 0.1) is 5.41 Å². The van der Waals surface area contributed by atoms with Crippen molar-refractivity contribution in [1.29, 1.82) is 0 Å². The topological polar surface area (TPSA) is 79.3 Å². The van der Waals surface area contributed by atoms with E-state index >= 15 is 0 Å². The lowest BCUT2D eigenvalue weighted by Gasteiger charge is -2.24. The maximum atomic E-state index is 12.2. The molecule has 0 spiro atoms. The molecule has 0 saturated carbocycles. The van der Waals surface area contributed by atoms with Crippen LogP contribution in [0.2, 0.25) is 0 Å². The summed E-state index contributed by atoms with van der Waals surface area (Å²) in [6.45, 7) is 2.74. The molecule has 23 heavy (non-hydrogen) atoms. The van der Waals surface area contributed by atoms with Gasteiger partial charge >= 0.3 is 5.97 Å². The Balaban J connectivity index is 1.62. The summed E-state index contributed by atoms with van der Waals surface area (Å²) in [5, 5.41) is 11.8. The minimum atomic E-state index is -1.10. The van der Waals surface area contributed by atoms with Crippen LogP contribution in [0.25, 0.3) is 0 Å². The van der Waals surface area contributed by atoms with Crippen LogP contribution in [0.5, 0.6) is 0 Å². The summed E-state index contributed by atoms with van der Waals surface area (Å²) in [4.78, 5) is 26.7. The number of pyridine rings is 1. The van der Waals surface area contributed by atoms with E-state index in [1.54, 1.807) is 0 Å². The van der Waals surface area contributed by atoms with E-state index in [2.05, 4.69) is 29.4 Å². The largest absolute Gasteiger partial charge is 0.477 e. The van der Waals surface area contributed by atoms with E-state index in [1.807, 2.05) is 12.1 Å². The van der Waals surface area contributed by atoms with Crippen molar-refractivity contribution >= 4 is 11.9 Å². The number of amides is 1. The molecule has 118 valence electrons. The second kappa shape index (κ2) is 5.83. The molecule has 1 aliphatic rings. The molecule has 2 aromatic rings. The zero-order valence-corrected chi connectivity index (χ0v) is 12.9. The van der Waals surface area contributed by atoms with Crippen molar-refractivity contribution in [1.82, 2.24) is 10.3 Å². The molecule has 0 aliphatic heterocycles. The number of hydrogen-bond donors (Lipinski definition) is 2. The zero-order chi connectivity index (χ0) is 16.4. The zero-order valence-electron chi connectivity index (χ0n) is 12.9. The first kappa shape index (κ1) is 15.2. The number of carboxylic acids is 1. The van der Waals surface area contributed by atoms with Gasteiger partial charge in [-0.1, -0.05) is 31.2 Å². The summed E-state index contributed by atoms with van der Waals surface area (Å²) in [6, 6.07) is 11.2. The summed E-state index contributed by atoms with van der Waals surface area (Å²) < 4.78 is 0. The first-order valence-electron chi connectivity index (χ1n) is 7.51. The van der Waals surface area contributed by atoms with Crippen LogP contribution in [-0.2, 0) is 12.8 Å². The molecule has 0 fully saturated rings. The number of aromatic nitrogens is 1. The van der Waals surface area contributed by atoms with Crippen molar-refractivity contribution in [2.75, 3.05) is 6.54 Å². The van der Waals surface area contributed by atoms with Gasteiger partial charge in [0.15, 0.2) is 0 Å². The van der Waals surface area contributed by atoms with Crippen molar-refractivity contribution in [3.8, 4) is 0 Å². The maximum Gasteiger partial charge on any atom is 0.354 e. The Hall–Kier alpha value is -2.69. The van der Waals surface area contributed by atoms with Crippen LogP contribution in [0.3, 0.4) is 0 Å². The third-order valence-electron chi connectivity index (χ3n) is 4.27. The summed E-state index contributed by atoms with van der Waals surface area (Å²) in [5.41, 5.74) is 3.00. The Kier molecular flexibility index (Phi) is 3.86. The lowest BCUT2D eigenvalue weighted by Crippen LogP contribution is -2.36. The van der Waals surface area contributed by atoms with Gasteiger partial charge in [0.2, 0.25) is 0 Å². The van der Waals surface area contributed by atoms with Gasteiger partial charge in [-0.15, -0.1) is 0 Å². The Morgan fingerprint density at radius 3 is 2.35 bits per heavy atom. The number of nitrogens with zero attached hydrogens (tertiary/aromatic N) is 1. The minimum Gasteiger partial charge on any atom is -0.477 e. The molecule has 0 saturated heterocycles. The Morgan fingerprint density at radius 2 is 1.83 bits per heavy atom. The molecular formula is C18H18N2O3. The van der Waals surface area contributed by atoms with Crippen LogP contribution >= 0.6 is 0 Å². The molecule has 0 bridgehead atoms. The number of fused-ring (bicyclic) bond motifs is 1. The molecule has 3 rings (SSSR count). The van der Waals surface area contributed by atoms with Gasteiger partial charge in [0.1, 0.15) is 5.69 Å². The lowest BCUT2D eigenvalue weighted by molar-refractivity contribution is 0.0689. The van der Waals surface area contributed by atoms with Gasteiger partial charge in [0.25, 0.3) is 5.91 Å². The SMILES string of the molecule is CC1(CNC(=O)c2ccc(C(=O)O)nc2)Cc2ccccc2C1. The molecule has 1 aromatic carbocycles. The van der Waals surface area contributed by atoms with Crippen LogP contribution in [0.1, 0.15) is 38.9 Å². The number of aromatic carboxylic acids is 1. The van der Waals surface area contributed by atoms with E-state index in [-0.39, 0.29) is 17.0 Å². The number of carboxylic acid groups (broad SMARTS) is 1. The Bertz CT molecular complexity index is 728. The van der Waals surface area contributed by atoms with E-state index < -0.39 is 5.97 Å². The molecule has 1 heterocycles. The average Bonchev–Trinajstić information content (AvgIpc) is 2.89. The molecule has 5 nitrogen and oxygen atoms in total. The summed E-state index contributed by atoms with van der Waals surface area (Å²) in [7, 11) is 0. The molecule has 5 heteroatoms. The molecule has 0 atom stereocenters. The number of rotatable bonds is 4. The first-order chi connectivity index (χ1) is 11.0. The predicted molar refractivity (Wildman–Crippen MR) is 85.5 cm³/mol. The van der Waals surface area contributed by atoms with E-state index in [0.29, 0.717) is 12.1 Å². The number of benzene rings is 1. The molecule has 0 unspecified atom stereocenters. The molecule has 1 aromatic heterocycles. The van der Waals surface area contributed by atoms with Crippen LogP contribution in [0.4, 0.5) is 0 Å². The van der Waals surface area contributed by atoms with E-state index in [0.717, 1.165) is 12.8 Å². The smallest absolute Gasteiger partial charge is 0.354 e. The Labute approximate surface area is 134 Å². The molecule has 0 radical (unpaired) electrons. The van der Waals surface area contributed by atoms with E-state index in [1.165, 1.54) is 29.5 Å². The minimum absolute atomic E-state index is 0.00772. The normalized spacial score (nSPS) is 15.0. The van der Waals surface area contributed by atoms with Crippen LogP contribution in [-0.4, -0.2) is 28.5 Å². The fraction of sp³-hybridized carbons (Fsp3) is 0.278.